The van der Waals surface area contributed by atoms with Crippen molar-refractivity contribution < 1.29 is 9.94 Å². The van der Waals surface area contributed by atoms with Crippen molar-refractivity contribution in [2.24, 2.45) is 16.3 Å². The molecule has 0 heterocycles. The van der Waals surface area contributed by atoms with Gasteiger partial charge in [0.25, 0.3) is 0 Å². The molecule has 0 aliphatic rings. The van der Waals surface area contributed by atoms with Gasteiger partial charge in [0.1, 0.15) is 5.84 Å². The molecule has 0 aromatic heterocycles. The summed E-state index contributed by atoms with van der Waals surface area (Å²) in [4.78, 5) is 0. The number of rotatable bonds is 6. The van der Waals surface area contributed by atoms with Gasteiger partial charge in [0.15, 0.2) is 0 Å². The van der Waals surface area contributed by atoms with Crippen LogP contribution in [0.15, 0.2) is 5.16 Å². The van der Waals surface area contributed by atoms with Crippen molar-refractivity contribution in [1.82, 2.24) is 0 Å². The lowest BCUT2D eigenvalue weighted by atomic mass is 9.86. The highest BCUT2D eigenvalue weighted by Gasteiger charge is 2.22. The molecule has 0 aliphatic carbocycles. The third kappa shape index (κ3) is 4.72. The molecule has 3 N–H and O–H groups in total. The van der Waals surface area contributed by atoms with Gasteiger partial charge in [0.05, 0.1) is 0 Å². The smallest absolute Gasteiger partial charge is 0.144 e. The van der Waals surface area contributed by atoms with E-state index in [-0.39, 0.29) is 5.41 Å². The Morgan fingerprint density at radius 3 is 2.54 bits per heavy atom. The largest absolute Gasteiger partial charge is 0.409 e. The Balaban J connectivity index is 3.76. The standard InChI is InChI=1S/C9H20N2O2/c1-9(2,8(10)11-12)6-4-5-7-13-3/h12H,4-7H2,1-3H3,(H2,10,11). The summed E-state index contributed by atoms with van der Waals surface area (Å²) < 4.78 is 4.93. The molecule has 0 atom stereocenters. The van der Waals surface area contributed by atoms with Crippen molar-refractivity contribution >= 4 is 5.84 Å². The second kappa shape index (κ2) is 5.80. The third-order valence-corrected chi connectivity index (χ3v) is 2.20. The summed E-state index contributed by atoms with van der Waals surface area (Å²) in [6.45, 7) is 4.70. The molecule has 13 heavy (non-hydrogen) atoms. The molecule has 4 nitrogen and oxygen atoms in total. The second-order valence-corrected chi connectivity index (χ2v) is 3.82. The van der Waals surface area contributed by atoms with Gasteiger partial charge in [0.2, 0.25) is 0 Å². The minimum absolute atomic E-state index is 0.220. The molecule has 0 saturated heterocycles. The van der Waals surface area contributed by atoms with Crippen molar-refractivity contribution in [2.75, 3.05) is 13.7 Å². The Kier molecular flexibility index (Phi) is 5.46. The first-order chi connectivity index (χ1) is 6.04. The van der Waals surface area contributed by atoms with E-state index >= 15 is 0 Å². The normalized spacial score (nSPS) is 13.3. The number of nitrogens with two attached hydrogens (primary N) is 1. The summed E-state index contributed by atoms with van der Waals surface area (Å²) in [6, 6.07) is 0. The molecule has 0 rings (SSSR count). The molecule has 0 aliphatic heterocycles. The predicted molar refractivity (Wildman–Crippen MR) is 52.9 cm³/mol. The highest BCUT2D eigenvalue weighted by molar-refractivity contribution is 5.85. The lowest BCUT2D eigenvalue weighted by Crippen LogP contribution is -2.31. The van der Waals surface area contributed by atoms with Crippen LogP contribution in [0.4, 0.5) is 0 Å². The fraction of sp³-hybridized carbons (Fsp3) is 0.889. The second-order valence-electron chi connectivity index (χ2n) is 3.82. The molecule has 0 amide bonds. The Morgan fingerprint density at radius 2 is 2.08 bits per heavy atom. The lowest BCUT2D eigenvalue weighted by Gasteiger charge is -2.22. The van der Waals surface area contributed by atoms with E-state index in [2.05, 4.69) is 5.16 Å². The quantitative estimate of drug-likeness (QED) is 0.218. The maximum Gasteiger partial charge on any atom is 0.144 e. The predicted octanol–water partition coefficient (Wildman–Crippen LogP) is 1.58. The Hall–Kier alpha value is -0.770. The SMILES string of the molecule is COCCCCC(C)(C)C(N)=NO. The average Bonchev–Trinajstić information content (AvgIpc) is 2.11. The number of amidine groups is 1. The molecular weight excluding hydrogens is 168 g/mol. The molecule has 0 spiro atoms. The van der Waals surface area contributed by atoms with Crippen LogP contribution in [0, 0.1) is 5.41 Å². The first-order valence-electron chi connectivity index (χ1n) is 4.51. The average molecular weight is 188 g/mol. The zero-order chi connectivity index (χ0) is 10.3. The summed E-state index contributed by atoms with van der Waals surface area (Å²) in [5.74, 6) is 0.296. The van der Waals surface area contributed by atoms with E-state index in [0.29, 0.717) is 5.84 Å². The van der Waals surface area contributed by atoms with Crippen LogP contribution in [0.5, 0.6) is 0 Å². The molecule has 0 fully saturated rings. The van der Waals surface area contributed by atoms with Gasteiger partial charge in [-0.15, -0.1) is 0 Å². The van der Waals surface area contributed by atoms with Crippen LogP contribution in [0.1, 0.15) is 33.1 Å². The first kappa shape index (κ1) is 12.2. The maximum atomic E-state index is 8.51. The monoisotopic (exact) mass is 188 g/mol. The van der Waals surface area contributed by atoms with E-state index in [4.69, 9.17) is 15.7 Å². The molecule has 0 saturated carbocycles. The van der Waals surface area contributed by atoms with Crippen molar-refractivity contribution in [3.8, 4) is 0 Å². The molecule has 4 heteroatoms. The van der Waals surface area contributed by atoms with Crippen LogP contribution in [0.25, 0.3) is 0 Å². The van der Waals surface area contributed by atoms with Crippen molar-refractivity contribution in [2.45, 2.75) is 33.1 Å². The maximum absolute atomic E-state index is 8.51. The highest BCUT2D eigenvalue weighted by Crippen LogP contribution is 2.23. The van der Waals surface area contributed by atoms with Gasteiger partial charge in [-0.2, -0.15) is 0 Å². The van der Waals surface area contributed by atoms with Crippen LogP contribution >= 0.6 is 0 Å². The lowest BCUT2D eigenvalue weighted by molar-refractivity contribution is 0.189. The topological polar surface area (TPSA) is 67.8 Å². The minimum atomic E-state index is -0.220. The van der Waals surface area contributed by atoms with Crippen molar-refractivity contribution in [3.63, 3.8) is 0 Å². The highest BCUT2D eigenvalue weighted by atomic mass is 16.5. The zero-order valence-corrected chi connectivity index (χ0v) is 8.71. The Labute approximate surface area is 79.8 Å². The number of nitrogens with zero attached hydrogens (tertiary/aromatic N) is 1. The van der Waals surface area contributed by atoms with Crippen molar-refractivity contribution in [1.29, 1.82) is 0 Å². The van der Waals surface area contributed by atoms with E-state index in [1.54, 1.807) is 7.11 Å². The van der Waals surface area contributed by atoms with Crippen LogP contribution in [0.2, 0.25) is 0 Å². The molecule has 0 bridgehead atoms. The zero-order valence-electron chi connectivity index (χ0n) is 8.71. The summed E-state index contributed by atoms with van der Waals surface area (Å²) >= 11 is 0. The van der Waals surface area contributed by atoms with Crippen LogP contribution in [0.3, 0.4) is 0 Å². The number of methoxy groups -OCH3 is 1. The molecule has 78 valence electrons. The van der Waals surface area contributed by atoms with Gasteiger partial charge in [-0.25, -0.2) is 0 Å². The Morgan fingerprint density at radius 1 is 1.46 bits per heavy atom. The number of hydrogen-bond donors (Lipinski definition) is 2. The minimum Gasteiger partial charge on any atom is -0.409 e. The number of unbranched alkanes of at least 4 members (excludes halogenated alkanes) is 1. The van der Waals surface area contributed by atoms with E-state index in [1.807, 2.05) is 13.8 Å². The van der Waals surface area contributed by atoms with Gasteiger partial charge in [-0.3, -0.25) is 0 Å². The van der Waals surface area contributed by atoms with E-state index in [0.717, 1.165) is 25.9 Å². The van der Waals surface area contributed by atoms with E-state index < -0.39 is 0 Å². The summed E-state index contributed by atoms with van der Waals surface area (Å²) in [7, 11) is 1.69. The molecule has 0 aromatic carbocycles. The van der Waals surface area contributed by atoms with Crippen LogP contribution < -0.4 is 5.73 Å². The fourth-order valence-electron chi connectivity index (χ4n) is 1.08. The summed E-state index contributed by atoms with van der Waals surface area (Å²) in [5, 5.41) is 11.5. The molecular formula is C9H20N2O2. The van der Waals surface area contributed by atoms with Gasteiger partial charge < -0.3 is 15.7 Å². The first-order valence-corrected chi connectivity index (χ1v) is 4.51. The third-order valence-electron chi connectivity index (χ3n) is 2.20. The summed E-state index contributed by atoms with van der Waals surface area (Å²) in [5.41, 5.74) is 5.31. The van der Waals surface area contributed by atoms with Gasteiger partial charge in [-0.05, 0) is 12.8 Å². The van der Waals surface area contributed by atoms with Gasteiger partial charge in [0, 0.05) is 19.1 Å². The number of hydrogen-bond acceptors (Lipinski definition) is 3. The van der Waals surface area contributed by atoms with Crippen molar-refractivity contribution in [3.05, 3.63) is 0 Å². The molecule has 0 aromatic rings. The van der Waals surface area contributed by atoms with E-state index in [9.17, 15) is 0 Å². The van der Waals surface area contributed by atoms with Gasteiger partial charge in [-0.1, -0.05) is 25.4 Å². The fourth-order valence-corrected chi connectivity index (χ4v) is 1.08. The van der Waals surface area contributed by atoms with Crippen LogP contribution in [-0.2, 0) is 4.74 Å². The van der Waals surface area contributed by atoms with E-state index in [1.165, 1.54) is 0 Å². The number of oxime groups is 1. The van der Waals surface area contributed by atoms with Crippen LogP contribution in [-0.4, -0.2) is 24.8 Å². The molecule has 0 radical (unpaired) electrons. The number of ether oxygens (including phenoxy) is 1. The molecule has 0 unspecified atom stereocenters. The summed E-state index contributed by atoms with van der Waals surface area (Å²) in [6.07, 6.45) is 2.95. The Bertz CT molecular complexity index is 167. The van der Waals surface area contributed by atoms with Gasteiger partial charge >= 0.3 is 0 Å².